The van der Waals surface area contributed by atoms with E-state index in [1.54, 1.807) is 0 Å². The van der Waals surface area contributed by atoms with E-state index in [4.69, 9.17) is 16.0 Å². The highest BCUT2D eigenvalue weighted by Crippen LogP contribution is 2.24. The Morgan fingerprint density at radius 3 is 2.07 bits per heavy atom. The Hall–Kier alpha value is -2.95. The van der Waals surface area contributed by atoms with Crippen LogP contribution in [0.15, 0.2) is 89.3 Å². The standard InChI is InChI=1S/C23H20ClN3O/c1-16(22-26-27-23(28-22)19-13-8-14-20(24)15-19)25-21(17-9-4-2-5-10-17)18-11-6-3-7-12-18/h2-16,21,25H,1H3/p+1/t16-/m0/s1. The maximum atomic E-state index is 6.07. The summed E-state index contributed by atoms with van der Waals surface area (Å²) >= 11 is 6.07. The molecule has 0 spiro atoms. The average Bonchev–Trinajstić information content (AvgIpc) is 3.24. The number of nitrogens with two attached hydrogens (primary N) is 1. The first kappa shape index (κ1) is 18.4. The smallest absolute Gasteiger partial charge is 0.274 e. The molecule has 4 aromatic rings. The van der Waals surface area contributed by atoms with Gasteiger partial charge >= 0.3 is 0 Å². The lowest BCUT2D eigenvalue weighted by atomic mass is 9.98. The zero-order valence-electron chi connectivity index (χ0n) is 15.5. The SMILES string of the molecule is C[C@H]([NH2+]C(c1ccccc1)c1ccccc1)c1nnc(-c2cccc(Cl)c2)o1. The van der Waals surface area contributed by atoms with Crippen molar-refractivity contribution in [2.45, 2.75) is 19.0 Å². The first-order valence-electron chi connectivity index (χ1n) is 9.25. The second-order valence-corrected chi connectivity index (χ2v) is 7.17. The van der Waals surface area contributed by atoms with Crippen LogP contribution >= 0.6 is 11.6 Å². The van der Waals surface area contributed by atoms with E-state index in [0.29, 0.717) is 16.8 Å². The van der Waals surface area contributed by atoms with Gasteiger partial charge < -0.3 is 9.73 Å². The summed E-state index contributed by atoms with van der Waals surface area (Å²) in [7, 11) is 0. The molecule has 0 bridgehead atoms. The van der Waals surface area contributed by atoms with Gasteiger partial charge in [0.15, 0.2) is 6.04 Å². The van der Waals surface area contributed by atoms with Gasteiger partial charge in [-0.1, -0.05) is 78.3 Å². The minimum absolute atomic E-state index is 0.00848. The van der Waals surface area contributed by atoms with Gasteiger partial charge in [0.25, 0.3) is 5.89 Å². The molecule has 5 heteroatoms. The molecule has 0 amide bonds. The minimum Gasteiger partial charge on any atom is -0.415 e. The monoisotopic (exact) mass is 390 g/mol. The predicted octanol–water partition coefficient (Wildman–Crippen LogP) is 4.80. The molecular weight excluding hydrogens is 370 g/mol. The molecule has 1 aromatic heterocycles. The third-order valence-corrected chi connectivity index (χ3v) is 4.94. The highest BCUT2D eigenvalue weighted by molar-refractivity contribution is 6.30. The lowest BCUT2D eigenvalue weighted by molar-refractivity contribution is -0.725. The van der Waals surface area contributed by atoms with E-state index in [0.717, 1.165) is 5.56 Å². The number of nitrogens with zero attached hydrogens (tertiary/aromatic N) is 2. The van der Waals surface area contributed by atoms with Crippen LogP contribution in [0.5, 0.6) is 0 Å². The third kappa shape index (κ3) is 4.14. The molecule has 4 rings (SSSR count). The second-order valence-electron chi connectivity index (χ2n) is 6.74. The van der Waals surface area contributed by atoms with E-state index < -0.39 is 0 Å². The molecule has 0 aliphatic heterocycles. The number of quaternary nitrogens is 1. The van der Waals surface area contributed by atoms with Gasteiger partial charge in [0, 0.05) is 21.7 Å². The first-order chi connectivity index (χ1) is 13.7. The zero-order valence-corrected chi connectivity index (χ0v) is 16.3. The number of halogens is 1. The number of rotatable bonds is 6. The van der Waals surface area contributed by atoms with Crippen molar-refractivity contribution in [3.05, 3.63) is 107 Å². The van der Waals surface area contributed by atoms with Crippen LogP contribution in [0.4, 0.5) is 0 Å². The van der Waals surface area contributed by atoms with Gasteiger partial charge in [-0.25, -0.2) is 0 Å². The van der Waals surface area contributed by atoms with Gasteiger partial charge in [-0.3, -0.25) is 0 Å². The summed E-state index contributed by atoms with van der Waals surface area (Å²) in [5, 5.41) is 11.4. The molecule has 0 unspecified atom stereocenters. The molecular formula is C23H21ClN3O+. The Kier molecular flexibility index (Phi) is 5.51. The minimum atomic E-state index is -0.00848. The average molecular weight is 391 g/mol. The first-order valence-corrected chi connectivity index (χ1v) is 9.63. The molecule has 0 aliphatic rings. The van der Waals surface area contributed by atoms with Crippen molar-refractivity contribution < 1.29 is 9.73 Å². The van der Waals surface area contributed by atoms with Crippen molar-refractivity contribution in [3.63, 3.8) is 0 Å². The van der Waals surface area contributed by atoms with Crippen molar-refractivity contribution in [1.29, 1.82) is 0 Å². The summed E-state index contributed by atoms with van der Waals surface area (Å²) in [5.41, 5.74) is 3.28. The van der Waals surface area contributed by atoms with Crippen molar-refractivity contribution in [2.75, 3.05) is 0 Å². The Bertz CT molecular complexity index is 994. The molecule has 0 saturated heterocycles. The number of hydrogen-bond acceptors (Lipinski definition) is 3. The highest BCUT2D eigenvalue weighted by atomic mass is 35.5. The molecule has 4 nitrogen and oxygen atoms in total. The summed E-state index contributed by atoms with van der Waals surface area (Å²) in [6, 6.07) is 28.5. The number of aromatic nitrogens is 2. The molecule has 140 valence electrons. The van der Waals surface area contributed by atoms with E-state index in [9.17, 15) is 0 Å². The van der Waals surface area contributed by atoms with E-state index in [1.165, 1.54) is 11.1 Å². The molecule has 1 atom stereocenters. The maximum absolute atomic E-state index is 6.07. The molecule has 0 aliphatic carbocycles. The van der Waals surface area contributed by atoms with Crippen LogP contribution in [0.2, 0.25) is 5.02 Å². The van der Waals surface area contributed by atoms with Crippen molar-refractivity contribution in [1.82, 2.24) is 10.2 Å². The summed E-state index contributed by atoms with van der Waals surface area (Å²) in [6.07, 6.45) is 0. The summed E-state index contributed by atoms with van der Waals surface area (Å²) in [5.74, 6) is 1.07. The van der Waals surface area contributed by atoms with Crippen molar-refractivity contribution in [3.8, 4) is 11.5 Å². The predicted molar refractivity (Wildman–Crippen MR) is 110 cm³/mol. The Labute approximate surface area is 169 Å². The Morgan fingerprint density at radius 2 is 1.46 bits per heavy atom. The summed E-state index contributed by atoms with van der Waals surface area (Å²) in [6.45, 7) is 2.08. The summed E-state index contributed by atoms with van der Waals surface area (Å²) in [4.78, 5) is 0. The Balaban J connectivity index is 1.59. The van der Waals surface area contributed by atoms with Crippen LogP contribution in [0.3, 0.4) is 0 Å². The maximum Gasteiger partial charge on any atom is 0.274 e. The van der Waals surface area contributed by atoms with Gasteiger partial charge in [-0.05, 0) is 25.1 Å². The lowest BCUT2D eigenvalue weighted by Crippen LogP contribution is -2.86. The van der Waals surface area contributed by atoms with Crippen LogP contribution in [0, 0.1) is 0 Å². The molecule has 1 heterocycles. The normalized spacial score (nSPS) is 12.2. The van der Waals surface area contributed by atoms with E-state index in [2.05, 4.69) is 71.0 Å². The fourth-order valence-electron chi connectivity index (χ4n) is 3.26. The topological polar surface area (TPSA) is 55.5 Å². The Morgan fingerprint density at radius 1 is 0.821 bits per heavy atom. The number of benzene rings is 3. The van der Waals surface area contributed by atoms with Gasteiger partial charge in [0.1, 0.15) is 6.04 Å². The number of hydrogen-bond donors (Lipinski definition) is 1. The molecule has 0 fully saturated rings. The fraction of sp³-hybridized carbons (Fsp3) is 0.130. The zero-order chi connectivity index (χ0) is 19.3. The fourth-order valence-corrected chi connectivity index (χ4v) is 3.45. The van der Waals surface area contributed by atoms with Crippen LogP contribution in [0.1, 0.15) is 36.0 Å². The van der Waals surface area contributed by atoms with E-state index >= 15 is 0 Å². The van der Waals surface area contributed by atoms with E-state index in [-0.39, 0.29) is 12.1 Å². The van der Waals surface area contributed by atoms with Gasteiger partial charge in [-0.2, -0.15) is 0 Å². The molecule has 0 radical (unpaired) electrons. The van der Waals surface area contributed by atoms with Gasteiger partial charge in [-0.15, -0.1) is 10.2 Å². The van der Waals surface area contributed by atoms with Crippen LogP contribution in [-0.4, -0.2) is 10.2 Å². The van der Waals surface area contributed by atoms with Crippen LogP contribution < -0.4 is 5.32 Å². The molecule has 28 heavy (non-hydrogen) atoms. The van der Waals surface area contributed by atoms with Crippen LogP contribution in [-0.2, 0) is 0 Å². The summed E-state index contributed by atoms with van der Waals surface area (Å²) < 4.78 is 5.95. The second kappa shape index (κ2) is 8.38. The van der Waals surface area contributed by atoms with Crippen molar-refractivity contribution in [2.24, 2.45) is 0 Å². The van der Waals surface area contributed by atoms with E-state index in [1.807, 2.05) is 36.4 Å². The van der Waals surface area contributed by atoms with Gasteiger partial charge in [0.05, 0.1) is 0 Å². The molecule has 0 saturated carbocycles. The lowest BCUT2D eigenvalue weighted by Gasteiger charge is -2.19. The van der Waals surface area contributed by atoms with Gasteiger partial charge in [0.2, 0.25) is 5.89 Å². The molecule has 2 N–H and O–H groups in total. The van der Waals surface area contributed by atoms with Crippen LogP contribution in [0.25, 0.3) is 11.5 Å². The molecule has 3 aromatic carbocycles. The largest absolute Gasteiger partial charge is 0.415 e. The quantitative estimate of drug-likeness (QED) is 0.514. The highest BCUT2D eigenvalue weighted by Gasteiger charge is 2.25. The third-order valence-electron chi connectivity index (χ3n) is 4.70. The van der Waals surface area contributed by atoms with Crippen molar-refractivity contribution >= 4 is 11.6 Å².